The van der Waals surface area contributed by atoms with E-state index in [1.54, 1.807) is 0 Å². The Labute approximate surface area is 143 Å². The van der Waals surface area contributed by atoms with E-state index in [2.05, 4.69) is 0 Å². The van der Waals surface area contributed by atoms with Crippen LogP contribution >= 0.6 is 0 Å². The van der Waals surface area contributed by atoms with Gasteiger partial charge in [-0.15, -0.1) is 0 Å². The van der Waals surface area contributed by atoms with Crippen LogP contribution in [0.1, 0.15) is 16.8 Å². The molecule has 0 unspecified atom stereocenters. The van der Waals surface area contributed by atoms with Crippen molar-refractivity contribution in [2.45, 2.75) is 11.3 Å². The molecule has 0 heterocycles. The van der Waals surface area contributed by atoms with Crippen LogP contribution in [0.3, 0.4) is 0 Å². The average Bonchev–Trinajstić information content (AvgIpc) is 2.55. The van der Waals surface area contributed by atoms with Crippen LogP contribution in [0.25, 0.3) is 0 Å². The number of anilines is 1. The summed E-state index contributed by atoms with van der Waals surface area (Å²) >= 11 is 0. The highest BCUT2D eigenvalue weighted by Gasteiger charge is 2.25. The third-order valence-corrected chi connectivity index (χ3v) is 5.17. The Morgan fingerprint density at radius 1 is 0.960 bits per heavy atom. The molecule has 25 heavy (non-hydrogen) atoms. The largest absolute Gasteiger partial charge is 0.481 e. The molecule has 9 heteroatoms. The normalized spacial score (nSPS) is 11.1. The van der Waals surface area contributed by atoms with Crippen LogP contribution in [0.4, 0.5) is 10.1 Å². The lowest BCUT2D eigenvalue weighted by Gasteiger charge is -2.24. The van der Waals surface area contributed by atoms with Gasteiger partial charge in [0.15, 0.2) is 0 Å². The van der Waals surface area contributed by atoms with E-state index in [1.807, 2.05) is 0 Å². The number of aromatic carboxylic acids is 1. The number of hydrogen-bond donors (Lipinski definition) is 2. The maximum atomic E-state index is 13.0. The van der Waals surface area contributed by atoms with Crippen LogP contribution in [0, 0.1) is 5.82 Å². The lowest BCUT2D eigenvalue weighted by Crippen LogP contribution is -2.33. The molecular formula is C16H14FNO6S. The zero-order chi connectivity index (χ0) is 18.6. The van der Waals surface area contributed by atoms with E-state index >= 15 is 0 Å². The highest BCUT2D eigenvalue weighted by molar-refractivity contribution is 7.92. The van der Waals surface area contributed by atoms with Gasteiger partial charge in [0.05, 0.1) is 22.6 Å². The van der Waals surface area contributed by atoms with Gasteiger partial charge in [-0.05, 0) is 48.5 Å². The molecule has 0 saturated heterocycles. The average molecular weight is 367 g/mol. The Balaban J connectivity index is 2.45. The zero-order valence-corrected chi connectivity index (χ0v) is 13.6. The minimum absolute atomic E-state index is 0.0406. The highest BCUT2D eigenvalue weighted by Crippen LogP contribution is 2.24. The fourth-order valence-corrected chi connectivity index (χ4v) is 3.55. The summed E-state index contributed by atoms with van der Waals surface area (Å²) in [5.74, 6) is -2.98. The summed E-state index contributed by atoms with van der Waals surface area (Å²) in [6.07, 6.45) is -0.457. The molecule has 0 spiro atoms. The molecule has 7 nitrogen and oxygen atoms in total. The standard InChI is InChI=1S/C16H14FNO6S/c17-12-3-7-14(8-4-12)25(23,24)18(10-9-15(19)20)13-5-1-11(2-6-13)16(21)22/h1-8H,9-10H2,(H,19,20)(H,21,22). The smallest absolute Gasteiger partial charge is 0.335 e. The molecule has 0 fully saturated rings. The molecule has 2 aromatic rings. The second kappa shape index (κ2) is 7.31. The number of hydrogen-bond acceptors (Lipinski definition) is 4. The Bertz CT molecular complexity index is 878. The molecule has 2 N–H and O–H groups in total. The molecule has 0 atom stereocenters. The first-order valence-corrected chi connectivity index (χ1v) is 8.49. The van der Waals surface area contributed by atoms with Crippen molar-refractivity contribution in [3.05, 3.63) is 59.9 Å². The maximum absolute atomic E-state index is 13.0. The van der Waals surface area contributed by atoms with Crippen molar-refractivity contribution in [1.82, 2.24) is 0 Å². The van der Waals surface area contributed by atoms with Crippen LogP contribution < -0.4 is 4.31 Å². The van der Waals surface area contributed by atoms with Crippen LogP contribution in [-0.4, -0.2) is 37.1 Å². The van der Waals surface area contributed by atoms with E-state index in [9.17, 15) is 22.4 Å². The molecule has 2 aromatic carbocycles. The first kappa shape index (κ1) is 18.4. The van der Waals surface area contributed by atoms with Gasteiger partial charge in [0.25, 0.3) is 10.0 Å². The van der Waals surface area contributed by atoms with Gasteiger partial charge in [0.2, 0.25) is 0 Å². The number of carbonyl (C=O) groups is 2. The van der Waals surface area contributed by atoms with Crippen LogP contribution in [0.5, 0.6) is 0 Å². The molecule has 0 radical (unpaired) electrons. The van der Waals surface area contributed by atoms with E-state index in [1.165, 1.54) is 24.3 Å². The fourth-order valence-electron chi connectivity index (χ4n) is 2.09. The highest BCUT2D eigenvalue weighted by atomic mass is 32.2. The first-order valence-electron chi connectivity index (χ1n) is 7.05. The van der Waals surface area contributed by atoms with E-state index in [4.69, 9.17) is 10.2 Å². The molecule has 0 aliphatic heterocycles. The summed E-state index contributed by atoms with van der Waals surface area (Å²) in [7, 11) is -4.14. The number of sulfonamides is 1. The van der Waals surface area contributed by atoms with Gasteiger partial charge in [0, 0.05) is 6.54 Å². The lowest BCUT2D eigenvalue weighted by molar-refractivity contribution is -0.136. The third-order valence-electron chi connectivity index (χ3n) is 3.33. The number of aliphatic carboxylic acids is 1. The van der Waals surface area contributed by atoms with Gasteiger partial charge in [-0.2, -0.15) is 0 Å². The van der Waals surface area contributed by atoms with Crippen molar-refractivity contribution in [2.75, 3.05) is 10.8 Å². The van der Waals surface area contributed by atoms with Gasteiger partial charge >= 0.3 is 11.9 Å². The Hall–Kier alpha value is -2.94. The van der Waals surface area contributed by atoms with E-state index in [0.29, 0.717) is 0 Å². The van der Waals surface area contributed by atoms with Gasteiger partial charge in [0.1, 0.15) is 5.82 Å². The number of halogens is 1. The Morgan fingerprint density at radius 2 is 1.52 bits per heavy atom. The third kappa shape index (κ3) is 4.32. The van der Waals surface area contributed by atoms with Crippen molar-refractivity contribution >= 4 is 27.6 Å². The summed E-state index contributed by atoms with van der Waals surface area (Å²) in [6.45, 7) is -0.360. The van der Waals surface area contributed by atoms with Crippen LogP contribution in [0.2, 0.25) is 0 Å². The van der Waals surface area contributed by atoms with Crippen molar-refractivity contribution in [2.24, 2.45) is 0 Å². The molecular weight excluding hydrogens is 353 g/mol. The second-order valence-electron chi connectivity index (χ2n) is 5.03. The first-order chi connectivity index (χ1) is 11.7. The van der Waals surface area contributed by atoms with Gasteiger partial charge < -0.3 is 10.2 Å². The minimum Gasteiger partial charge on any atom is -0.481 e. The summed E-state index contributed by atoms with van der Waals surface area (Å²) in [5, 5.41) is 17.8. The minimum atomic E-state index is -4.14. The van der Waals surface area contributed by atoms with Gasteiger partial charge in [-0.25, -0.2) is 17.6 Å². The maximum Gasteiger partial charge on any atom is 0.335 e. The van der Waals surface area contributed by atoms with Crippen LogP contribution in [0.15, 0.2) is 53.4 Å². The second-order valence-corrected chi connectivity index (χ2v) is 6.89. The number of carboxylic acid groups (broad SMARTS) is 2. The summed E-state index contributed by atoms with van der Waals surface area (Å²) in [6, 6.07) is 9.08. The predicted octanol–water partition coefficient (Wildman–Crippen LogP) is 2.19. The predicted molar refractivity (Wildman–Crippen MR) is 86.6 cm³/mol. The topological polar surface area (TPSA) is 112 Å². The summed E-state index contributed by atoms with van der Waals surface area (Å²) < 4.78 is 39.4. The van der Waals surface area contributed by atoms with E-state index in [-0.39, 0.29) is 22.7 Å². The number of benzene rings is 2. The number of carboxylic acids is 2. The van der Waals surface area contributed by atoms with Crippen molar-refractivity contribution < 1.29 is 32.6 Å². The molecule has 0 bridgehead atoms. The fraction of sp³-hybridized carbons (Fsp3) is 0.125. The Morgan fingerprint density at radius 3 is 2.00 bits per heavy atom. The van der Waals surface area contributed by atoms with Crippen molar-refractivity contribution in [3.8, 4) is 0 Å². The molecule has 0 aliphatic rings. The monoisotopic (exact) mass is 367 g/mol. The van der Waals surface area contributed by atoms with Gasteiger partial charge in [-0.3, -0.25) is 9.10 Å². The SMILES string of the molecule is O=C(O)CCN(c1ccc(C(=O)O)cc1)S(=O)(=O)c1ccc(F)cc1. The number of rotatable bonds is 7. The summed E-state index contributed by atoms with van der Waals surface area (Å²) in [4.78, 5) is 21.5. The molecule has 2 rings (SSSR count). The lowest BCUT2D eigenvalue weighted by atomic mass is 10.2. The molecule has 0 aromatic heterocycles. The number of nitrogens with zero attached hydrogens (tertiary/aromatic N) is 1. The van der Waals surface area contributed by atoms with E-state index < -0.39 is 34.2 Å². The summed E-state index contributed by atoms with van der Waals surface area (Å²) in [5.41, 5.74) is 0.0664. The quantitative estimate of drug-likeness (QED) is 0.776. The Kier molecular flexibility index (Phi) is 5.38. The molecule has 0 aliphatic carbocycles. The van der Waals surface area contributed by atoms with Crippen molar-refractivity contribution in [3.63, 3.8) is 0 Å². The van der Waals surface area contributed by atoms with Crippen LogP contribution in [-0.2, 0) is 14.8 Å². The van der Waals surface area contributed by atoms with Crippen molar-refractivity contribution in [1.29, 1.82) is 0 Å². The van der Waals surface area contributed by atoms with Gasteiger partial charge in [-0.1, -0.05) is 0 Å². The molecule has 0 saturated carbocycles. The zero-order valence-electron chi connectivity index (χ0n) is 12.8. The molecule has 0 amide bonds. The molecule has 132 valence electrons. The van der Waals surface area contributed by atoms with E-state index in [0.717, 1.165) is 28.6 Å².